The molecule has 0 aliphatic heterocycles. The smallest absolute Gasteiger partial charge is 0.255 e. The molecule has 0 bridgehead atoms. The summed E-state index contributed by atoms with van der Waals surface area (Å²) in [6.07, 6.45) is 0.778. The molecule has 0 spiro atoms. The fourth-order valence-corrected chi connectivity index (χ4v) is 1.63. The molecule has 1 heterocycles. The molecular weight excluding hydrogens is 204 g/mol. The van der Waals surface area contributed by atoms with Gasteiger partial charge in [0.1, 0.15) is 11.5 Å². The van der Waals surface area contributed by atoms with Gasteiger partial charge in [-0.05, 0) is 34.1 Å². The molecule has 0 saturated carbocycles. The maximum absolute atomic E-state index is 11.9. The molecule has 0 aliphatic rings. The summed E-state index contributed by atoms with van der Waals surface area (Å²) in [6.45, 7) is 8.08. The lowest BCUT2D eigenvalue weighted by atomic mass is 10.1. The van der Waals surface area contributed by atoms with E-state index in [4.69, 9.17) is 10.2 Å². The van der Waals surface area contributed by atoms with Crippen molar-refractivity contribution in [1.29, 1.82) is 0 Å². The molecular formula is C12H20N2O2. The van der Waals surface area contributed by atoms with E-state index < -0.39 is 0 Å². The van der Waals surface area contributed by atoms with Gasteiger partial charge in [-0.25, -0.2) is 0 Å². The van der Waals surface area contributed by atoms with E-state index in [9.17, 15) is 4.79 Å². The minimum absolute atomic E-state index is 0.0764. The van der Waals surface area contributed by atoms with Crippen molar-refractivity contribution in [2.45, 2.75) is 40.2 Å². The van der Waals surface area contributed by atoms with Gasteiger partial charge in [0.2, 0.25) is 0 Å². The zero-order valence-electron chi connectivity index (χ0n) is 10.4. The maximum Gasteiger partial charge on any atom is 0.255 e. The van der Waals surface area contributed by atoms with Gasteiger partial charge in [-0.3, -0.25) is 4.79 Å². The molecule has 1 atom stereocenters. The lowest BCUT2D eigenvalue weighted by molar-refractivity contribution is 0.0951. The minimum atomic E-state index is -0.0764. The third-order valence-corrected chi connectivity index (χ3v) is 2.67. The average molecular weight is 224 g/mol. The number of furan rings is 1. The SMILES string of the molecule is Cc1oc(C)c(C(=O)NCCC(C)N)c1C. The van der Waals surface area contributed by atoms with Crippen LogP contribution in [0, 0.1) is 20.8 Å². The summed E-state index contributed by atoms with van der Waals surface area (Å²) in [4.78, 5) is 11.9. The molecule has 4 heteroatoms. The van der Waals surface area contributed by atoms with E-state index in [1.54, 1.807) is 6.92 Å². The maximum atomic E-state index is 11.9. The monoisotopic (exact) mass is 224 g/mol. The van der Waals surface area contributed by atoms with Crippen LogP contribution in [-0.2, 0) is 0 Å². The molecule has 16 heavy (non-hydrogen) atoms. The highest BCUT2D eigenvalue weighted by Gasteiger charge is 2.17. The van der Waals surface area contributed by atoms with Crippen LogP contribution >= 0.6 is 0 Å². The van der Waals surface area contributed by atoms with Gasteiger partial charge in [0.05, 0.1) is 5.56 Å². The van der Waals surface area contributed by atoms with Gasteiger partial charge in [-0.2, -0.15) is 0 Å². The van der Waals surface area contributed by atoms with E-state index in [0.29, 0.717) is 17.9 Å². The molecule has 1 amide bonds. The Kier molecular flexibility index (Phi) is 4.12. The molecule has 90 valence electrons. The van der Waals surface area contributed by atoms with Crippen LogP contribution in [0.25, 0.3) is 0 Å². The lowest BCUT2D eigenvalue weighted by Gasteiger charge is -2.07. The van der Waals surface area contributed by atoms with Crippen LogP contribution in [0.15, 0.2) is 4.42 Å². The number of carbonyl (C=O) groups excluding carboxylic acids is 1. The van der Waals surface area contributed by atoms with Gasteiger partial charge in [-0.1, -0.05) is 0 Å². The van der Waals surface area contributed by atoms with Crippen molar-refractivity contribution in [3.63, 3.8) is 0 Å². The van der Waals surface area contributed by atoms with E-state index in [-0.39, 0.29) is 11.9 Å². The van der Waals surface area contributed by atoms with E-state index in [1.165, 1.54) is 0 Å². The predicted octanol–water partition coefficient (Wildman–Crippen LogP) is 1.67. The van der Waals surface area contributed by atoms with Gasteiger partial charge < -0.3 is 15.5 Å². The minimum Gasteiger partial charge on any atom is -0.466 e. The quantitative estimate of drug-likeness (QED) is 0.817. The van der Waals surface area contributed by atoms with Crippen molar-refractivity contribution in [1.82, 2.24) is 5.32 Å². The zero-order valence-corrected chi connectivity index (χ0v) is 10.4. The van der Waals surface area contributed by atoms with Crippen molar-refractivity contribution in [3.8, 4) is 0 Å². The average Bonchev–Trinajstić information content (AvgIpc) is 2.40. The molecule has 1 rings (SSSR count). The summed E-state index contributed by atoms with van der Waals surface area (Å²) < 4.78 is 5.41. The first kappa shape index (κ1) is 12.8. The number of carbonyl (C=O) groups is 1. The highest BCUT2D eigenvalue weighted by molar-refractivity contribution is 5.96. The van der Waals surface area contributed by atoms with Crippen LogP contribution in [-0.4, -0.2) is 18.5 Å². The van der Waals surface area contributed by atoms with Gasteiger partial charge >= 0.3 is 0 Å². The van der Waals surface area contributed by atoms with Gasteiger partial charge in [0, 0.05) is 18.2 Å². The molecule has 0 radical (unpaired) electrons. The number of hydrogen-bond acceptors (Lipinski definition) is 3. The normalized spacial score (nSPS) is 12.6. The number of rotatable bonds is 4. The zero-order chi connectivity index (χ0) is 12.3. The molecule has 1 aromatic heterocycles. The fourth-order valence-electron chi connectivity index (χ4n) is 1.63. The number of nitrogens with two attached hydrogens (primary N) is 1. The van der Waals surface area contributed by atoms with E-state index in [1.807, 2.05) is 20.8 Å². The number of nitrogens with one attached hydrogen (secondary N) is 1. The highest BCUT2D eigenvalue weighted by Crippen LogP contribution is 2.20. The van der Waals surface area contributed by atoms with Gasteiger partial charge in [0.25, 0.3) is 5.91 Å². The molecule has 3 N–H and O–H groups in total. The van der Waals surface area contributed by atoms with Crippen molar-refractivity contribution < 1.29 is 9.21 Å². The Labute approximate surface area is 96.2 Å². The molecule has 1 unspecified atom stereocenters. The van der Waals surface area contributed by atoms with E-state index in [2.05, 4.69) is 5.32 Å². The van der Waals surface area contributed by atoms with Crippen LogP contribution in [0.4, 0.5) is 0 Å². The third kappa shape index (κ3) is 2.85. The fraction of sp³-hybridized carbons (Fsp3) is 0.583. The van der Waals surface area contributed by atoms with E-state index in [0.717, 1.165) is 17.7 Å². The highest BCUT2D eigenvalue weighted by atomic mass is 16.3. The van der Waals surface area contributed by atoms with Crippen LogP contribution in [0.1, 0.15) is 40.8 Å². The lowest BCUT2D eigenvalue weighted by Crippen LogP contribution is -2.29. The van der Waals surface area contributed by atoms with Crippen LogP contribution in [0.2, 0.25) is 0 Å². The number of amides is 1. The summed E-state index contributed by atoms with van der Waals surface area (Å²) >= 11 is 0. The topological polar surface area (TPSA) is 68.3 Å². The van der Waals surface area contributed by atoms with Crippen molar-refractivity contribution in [2.24, 2.45) is 5.73 Å². The largest absolute Gasteiger partial charge is 0.466 e. The molecule has 0 saturated heterocycles. The number of hydrogen-bond donors (Lipinski definition) is 2. The molecule has 0 aromatic carbocycles. The molecule has 0 fully saturated rings. The second-order valence-electron chi connectivity index (χ2n) is 4.24. The first-order valence-corrected chi connectivity index (χ1v) is 5.53. The standard InChI is InChI=1S/C12H20N2O2/c1-7(13)5-6-14-12(15)11-8(2)9(3)16-10(11)4/h7H,5-6,13H2,1-4H3,(H,14,15). The van der Waals surface area contributed by atoms with Gasteiger partial charge in [0.15, 0.2) is 0 Å². The third-order valence-electron chi connectivity index (χ3n) is 2.67. The number of aryl methyl sites for hydroxylation is 2. The van der Waals surface area contributed by atoms with Gasteiger partial charge in [-0.15, -0.1) is 0 Å². The predicted molar refractivity (Wildman–Crippen MR) is 63.5 cm³/mol. The molecule has 1 aromatic rings. The van der Waals surface area contributed by atoms with Crippen LogP contribution < -0.4 is 11.1 Å². The van der Waals surface area contributed by atoms with E-state index >= 15 is 0 Å². The summed E-state index contributed by atoms with van der Waals surface area (Å²) in [5.74, 6) is 1.40. The Morgan fingerprint density at radius 2 is 2.00 bits per heavy atom. The summed E-state index contributed by atoms with van der Waals surface area (Å²) in [6, 6.07) is 0.105. The van der Waals surface area contributed by atoms with Crippen molar-refractivity contribution in [2.75, 3.05) is 6.54 Å². The second kappa shape index (κ2) is 5.16. The Morgan fingerprint density at radius 3 is 2.44 bits per heavy atom. The summed E-state index contributed by atoms with van der Waals surface area (Å²) in [5.41, 5.74) is 7.18. The Morgan fingerprint density at radius 1 is 1.38 bits per heavy atom. The Bertz CT molecular complexity index is 381. The molecule has 4 nitrogen and oxygen atoms in total. The first-order valence-electron chi connectivity index (χ1n) is 5.53. The van der Waals surface area contributed by atoms with Crippen molar-refractivity contribution in [3.05, 3.63) is 22.6 Å². The van der Waals surface area contributed by atoms with Crippen LogP contribution in [0.5, 0.6) is 0 Å². The first-order chi connectivity index (χ1) is 7.43. The Balaban J connectivity index is 2.66. The Hall–Kier alpha value is -1.29. The second-order valence-corrected chi connectivity index (χ2v) is 4.24. The summed E-state index contributed by atoms with van der Waals surface area (Å²) in [7, 11) is 0. The molecule has 0 aliphatic carbocycles. The van der Waals surface area contributed by atoms with Crippen LogP contribution in [0.3, 0.4) is 0 Å². The van der Waals surface area contributed by atoms with Crippen molar-refractivity contribution >= 4 is 5.91 Å². The summed E-state index contributed by atoms with van der Waals surface area (Å²) in [5, 5.41) is 2.85.